The highest BCUT2D eigenvalue weighted by Gasteiger charge is 2.16. The Morgan fingerprint density at radius 2 is 2.26 bits per heavy atom. The monoisotopic (exact) mass is 340 g/mol. The van der Waals surface area contributed by atoms with E-state index in [-0.39, 0.29) is 17.9 Å². The molecule has 1 unspecified atom stereocenters. The van der Waals surface area contributed by atoms with Gasteiger partial charge in [-0.3, -0.25) is 0 Å². The van der Waals surface area contributed by atoms with E-state index in [1.54, 1.807) is 0 Å². The van der Waals surface area contributed by atoms with E-state index in [0.29, 0.717) is 0 Å². The van der Waals surface area contributed by atoms with E-state index in [1.165, 1.54) is 23.5 Å². The number of thiophene rings is 1. The van der Waals surface area contributed by atoms with Crippen LogP contribution in [0.4, 0.5) is 4.39 Å². The zero-order valence-corrected chi connectivity index (χ0v) is 12.2. The van der Waals surface area contributed by atoms with Crippen LogP contribution in [0, 0.1) is 17.1 Å². The molecule has 1 aromatic heterocycles. The van der Waals surface area contributed by atoms with E-state index in [0.717, 1.165) is 15.4 Å². The molecule has 0 aliphatic rings. The summed E-state index contributed by atoms with van der Waals surface area (Å²) in [5.74, 6) is -0.466. The summed E-state index contributed by atoms with van der Waals surface area (Å²) in [6.45, 7) is 0.242. The predicted octanol–water partition coefficient (Wildman–Crippen LogP) is 3.60. The van der Waals surface area contributed by atoms with Crippen LogP contribution in [0.1, 0.15) is 16.5 Å². The van der Waals surface area contributed by atoms with Crippen molar-refractivity contribution in [2.75, 3.05) is 6.54 Å². The minimum Gasteiger partial charge on any atom is -0.480 e. The van der Waals surface area contributed by atoms with Crippen molar-refractivity contribution in [3.8, 4) is 11.8 Å². The molecular formula is C13H10BrFN2OS. The fourth-order valence-electron chi connectivity index (χ4n) is 1.54. The molecular weight excluding hydrogens is 331 g/mol. The third-order valence-electron chi connectivity index (χ3n) is 2.45. The Kier molecular flexibility index (Phi) is 4.53. The molecule has 0 amide bonds. The maximum absolute atomic E-state index is 13.7. The van der Waals surface area contributed by atoms with E-state index < -0.39 is 11.9 Å². The highest BCUT2D eigenvalue weighted by Crippen LogP contribution is 2.30. The van der Waals surface area contributed by atoms with E-state index in [1.807, 2.05) is 17.5 Å². The lowest BCUT2D eigenvalue weighted by Crippen LogP contribution is -2.17. The molecule has 19 heavy (non-hydrogen) atoms. The van der Waals surface area contributed by atoms with Crippen LogP contribution >= 0.6 is 27.3 Å². The Morgan fingerprint density at radius 1 is 1.47 bits per heavy atom. The number of nitriles is 1. The minimum absolute atomic E-state index is 0.0963. The molecule has 98 valence electrons. The Hall–Kier alpha value is -1.42. The normalized spacial score (nSPS) is 11.9. The SMILES string of the molecule is N#Cc1ccc(OC(CN)c2cc(Br)cs2)c(F)c1. The summed E-state index contributed by atoms with van der Waals surface area (Å²) in [5, 5.41) is 10.6. The zero-order chi connectivity index (χ0) is 13.8. The van der Waals surface area contributed by atoms with Gasteiger partial charge in [-0.1, -0.05) is 0 Å². The lowest BCUT2D eigenvalue weighted by atomic mass is 10.2. The second-order valence-electron chi connectivity index (χ2n) is 3.77. The van der Waals surface area contributed by atoms with Crippen LogP contribution in [0.15, 0.2) is 34.1 Å². The fraction of sp³-hybridized carbons (Fsp3) is 0.154. The van der Waals surface area contributed by atoms with E-state index in [9.17, 15) is 4.39 Å². The molecule has 0 aliphatic carbocycles. The second-order valence-corrected chi connectivity index (χ2v) is 5.62. The molecule has 0 saturated heterocycles. The van der Waals surface area contributed by atoms with Crippen molar-refractivity contribution in [2.45, 2.75) is 6.10 Å². The quantitative estimate of drug-likeness (QED) is 0.924. The van der Waals surface area contributed by atoms with Crippen molar-refractivity contribution in [1.29, 1.82) is 5.26 Å². The van der Waals surface area contributed by atoms with Crippen LogP contribution in [0.5, 0.6) is 5.75 Å². The summed E-state index contributed by atoms with van der Waals surface area (Å²) in [4.78, 5) is 0.915. The topological polar surface area (TPSA) is 59.0 Å². The highest BCUT2D eigenvalue weighted by molar-refractivity contribution is 9.10. The van der Waals surface area contributed by atoms with Crippen LogP contribution in [0.2, 0.25) is 0 Å². The number of nitrogens with zero attached hydrogens (tertiary/aromatic N) is 1. The number of ether oxygens (including phenoxy) is 1. The largest absolute Gasteiger partial charge is 0.480 e. The van der Waals surface area contributed by atoms with Gasteiger partial charge in [-0.25, -0.2) is 4.39 Å². The van der Waals surface area contributed by atoms with Gasteiger partial charge in [-0.05, 0) is 40.2 Å². The van der Waals surface area contributed by atoms with Crippen LogP contribution in [0.3, 0.4) is 0 Å². The first-order valence-corrected chi connectivity index (χ1v) is 7.11. The van der Waals surface area contributed by atoms with Gasteiger partial charge in [-0.2, -0.15) is 5.26 Å². The third kappa shape index (κ3) is 3.32. The molecule has 2 aromatic rings. The molecule has 0 fully saturated rings. The van der Waals surface area contributed by atoms with Gasteiger partial charge in [0.2, 0.25) is 0 Å². The summed E-state index contributed by atoms with van der Waals surface area (Å²) in [7, 11) is 0. The van der Waals surface area contributed by atoms with Crippen molar-refractivity contribution in [1.82, 2.24) is 0 Å². The molecule has 1 atom stereocenters. The third-order valence-corrected chi connectivity index (χ3v) is 4.23. The predicted molar refractivity (Wildman–Crippen MR) is 75.6 cm³/mol. The second kappa shape index (κ2) is 6.15. The van der Waals surface area contributed by atoms with Gasteiger partial charge >= 0.3 is 0 Å². The summed E-state index contributed by atoms with van der Waals surface area (Å²) in [5.41, 5.74) is 5.92. The molecule has 2 N–H and O–H groups in total. The summed E-state index contributed by atoms with van der Waals surface area (Å²) >= 11 is 4.84. The molecule has 1 aromatic carbocycles. The maximum Gasteiger partial charge on any atom is 0.166 e. The molecule has 0 aliphatic heterocycles. The first kappa shape index (κ1) is 14.0. The summed E-state index contributed by atoms with van der Waals surface area (Å²) in [6.07, 6.45) is -0.404. The summed E-state index contributed by atoms with van der Waals surface area (Å²) < 4.78 is 20.2. The van der Waals surface area contributed by atoms with Gasteiger partial charge in [0.15, 0.2) is 11.6 Å². The van der Waals surface area contributed by atoms with E-state index >= 15 is 0 Å². The molecule has 0 saturated carbocycles. The van der Waals surface area contributed by atoms with Crippen LogP contribution in [0.25, 0.3) is 0 Å². The first-order valence-electron chi connectivity index (χ1n) is 5.44. The van der Waals surface area contributed by atoms with Crippen molar-refractivity contribution in [2.24, 2.45) is 5.73 Å². The van der Waals surface area contributed by atoms with Gasteiger partial charge < -0.3 is 10.5 Å². The van der Waals surface area contributed by atoms with Crippen molar-refractivity contribution in [3.05, 3.63) is 50.4 Å². The maximum atomic E-state index is 13.7. The number of halogens is 2. The lowest BCUT2D eigenvalue weighted by molar-refractivity contribution is 0.208. The van der Waals surface area contributed by atoms with Gasteiger partial charge in [0, 0.05) is 21.3 Å². The highest BCUT2D eigenvalue weighted by atomic mass is 79.9. The van der Waals surface area contributed by atoms with Crippen LogP contribution in [-0.4, -0.2) is 6.54 Å². The van der Waals surface area contributed by atoms with Gasteiger partial charge in [0.25, 0.3) is 0 Å². The summed E-state index contributed by atoms with van der Waals surface area (Å²) in [6, 6.07) is 7.87. The Balaban J connectivity index is 2.21. The van der Waals surface area contributed by atoms with E-state index in [2.05, 4.69) is 15.9 Å². The van der Waals surface area contributed by atoms with Gasteiger partial charge in [-0.15, -0.1) is 11.3 Å². The minimum atomic E-state index is -0.562. The molecule has 0 radical (unpaired) electrons. The molecule has 1 heterocycles. The average molecular weight is 341 g/mol. The Labute approximate surface area is 122 Å². The molecule has 3 nitrogen and oxygen atoms in total. The van der Waals surface area contributed by atoms with Gasteiger partial charge in [0.1, 0.15) is 6.10 Å². The fourth-order valence-corrected chi connectivity index (χ4v) is 3.03. The van der Waals surface area contributed by atoms with Crippen molar-refractivity contribution >= 4 is 27.3 Å². The number of hydrogen-bond acceptors (Lipinski definition) is 4. The average Bonchev–Trinajstić information content (AvgIpc) is 2.83. The zero-order valence-electron chi connectivity index (χ0n) is 9.77. The smallest absolute Gasteiger partial charge is 0.166 e. The van der Waals surface area contributed by atoms with Gasteiger partial charge in [0.05, 0.1) is 11.6 Å². The number of nitrogens with two attached hydrogens (primary N) is 1. The number of rotatable bonds is 4. The molecule has 0 spiro atoms. The standard InChI is InChI=1S/C13H10BrFN2OS/c14-9-4-13(19-7-9)12(6-17)18-11-2-1-8(5-16)3-10(11)15/h1-4,7,12H,6,17H2. The molecule has 0 bridgehead atoms. The van der Waals surface area contributed by atoms with E-state index in [4.69, 9.17) is 15.7 Å². The van der Waals surface area contributed by atoms with Crippen LogP contribution < -0.4 is 10.5 Å². The van der Waals surface area contributed by atoms with Crippen LogP contribution in [-0.2, 0) is 0 Å². The first-order chi connectivity index (χ1) is 9.13. The molecule has 6 heteroatoms. The number of benzene rings is 1. The lowest BCUT2D eigenvalue weighted by Gasteiger charge is -2.16. The molecule has 2 rings (SSSR count). The van der Waals surface area contributed by atoms with Crippen molar-refractivity contribution < 1.29 is 9.13 Å². The Morgan fingerprint density at radius 3 is 2.79 bits per heavy atom. The number of hydrogen-bond donors (Lipinski definition) is 1. The van der Waals surface area contributed by atoms with Crippen molar-refractivity contribution in [3.63, 3.8) is 0 Å². The Bertz CT molecular complexity index is 623.